The van der Waals surface area contributed by atoms with Gasteiger partial charge < -0.3 is 5.43 Å². The lowest BCUT2D eigenvalue weighted by Crippen LogP contribution is -2.07. The molecule has 0 aliphatic carbocycles. The summed E-state index contributed by atoms with van der Waals surface area (Å²) >= 11 is 3.17. The van der Waals surface area contributed by atoms with Gasteiger partial charge >= 0.3 is 0 Å². The van der Waals surface area contributed by atoms with Crippen molar-refractivity contribution in [1.29, 1.82) is 0 Å². The van der Waals surface area contributed by atoms with Gasteiger partial charge in [0.25, 0.3) is 5.69 Å². The fraction of sp³-hybridized carbons (Fsp3) is 0.143. The Balaban J connectivity index is 3.15. The molecular weight excluding hydrogens is 238 g/mol. The van der Waals surface area contributed by atoms with Crippen molar-refractivity contribution >= 4 is 27.3 Å². The molecule has 0 saturated heterocycles. The van der Waals surface area contributed by atoms with E-state index >= 15 is 0 Å². The zero-order valence-corrected chi connectivity index (χ0v) is 8.24. The number of anilines is 1. The lowest BCUT2D eigenvalue weighted by molar-refractivity contribution is -0.385. The quantitative estimate of drug-likeness (QED) is 0.368. The van der Waals surface area contributed by atoms with Crippen LogP contribution in [0.1, 0.15) is 5.56 Å². The second kappa shape index (κ2) is 4.20. The lowest BCUT2D eigenvalue weighted by Gasteiger charge is -2.02. The predicted octanol–water partition coefficient (Wildman–Crippen LogP) is 1.78. The molecule has 6 heteroatoms. The lowest BCUT2D eigenvalue weighted by atomic mass is 10.2. The number of benzene rings is 1. The first-order valence-corrected chi connectivity index (χ1v) is 4.61. The summed E-state index contributed by atoms with van der Waals surface area (Å²) in [4.78, 5) is 10.1. The van der Waals surface area contributed by atoms with Crippen molar-refractivity contribution in [2.45, 2.75) is 5.33 Å². The molecule has 1 aromatic carbocycles. The van der Waals surface area contributed by atoms with E-state index in [1.54, 1.807) is 12.1 Å². The van der Waals surface area contributed by atoms with Crippen LogP contribution in [0.15, 0.2) is 18.2 Å². The summed E-state index contributed by atoms with van der Waals surface area (Å²) in [5, 5.41) is 10.9. The first-order valence-electron chi connectivity index (χ1n) is 3.49. The molecule has 0 atom stereocenters. The molecule has 0 bridgehead atoms. The fourth-order valence-electron chi connectivity index (χ4n) is 0.960. The van der Waals surface area contributed by atoms with Gasteiger partial charge in [-0.05, 0) is 12.1 Å². The molecule has 1 rings (SSSR count). The SMILES string of the molecule is NNc1ccc([N+](=O)[O-])c(CBr)c1. The topological polar surface area (TPSA) is 81.2 Å². The molecule has 70 valence electrons. The molecule has 0 saturated carbocycles. The number of nitrogens with zero attached hydrogens (tertiary/aromatic N) is 1. The highest BCUT2D eigenvalue weighted by atomic mass is 79.9. The minimum absolute atomic E-state index is 0.0934. The Morgan fingerprint density at radius 1 is 1.62 bits per heavy atom. The molecule has 0 spiro atoms. The number of alkyl halides is 1. The highest BCUT2D eigenvalue weighted by Crippen LogP contribution is 2.24. The Kier molecular flexibility index (Phi) is 3.21. The summed E-state index contributed by atoms with van der Waals surface area (Å²) in [6.07, 6.45) is 0. The van der Waals surface area contributed by atoms with Crippen LogP contribution in [-0.4, -0.2) is 4.92 Å². The van der Waals surface area contributed by atoms with E-state index in [1.807, 2.05) is 0 Å². The van der Waals surface area contributed by atoms with Crippen molar-refractivity contribution in [3.05, 3.63) is 33.9 Å². The molecule has 13 heavy (non-hydrogen) atoms. The van der Waals surface area contributed by atoms with Gasteiger partial charge in [-0.15, -0.1) is 0 Å². The Morgan fingerprint density at radius 3 is 2.77 bits per heavy atom. The van der Waals surface area contributed by atoms with Gasteiger partial charge in [0, 0.05) is 22.6 Å². The van der Waals surface area contributed by atoms with Gasteiger partial charge in [-0.1, -0.05) is 15.9 Å². The maximum Gasteiger partial charge on any atom is 0.273 e. The molecular formula is C7H8BrN3O2. The molecule has 0 fully saturated rings. The molecule has 0 aliphatic heterocycles. The van der Waals surface area contributed by atoms with Crippen molar-refractivity contribution in [1.82, 2.24) is 0 Å². The van der Waals surface area contributed by atoms with E-state index in [2.05, 4.69) is 21.4 Å². The number of nitro groups is 1. The standard InChI is InChI=1S/C7H8BrN3O2/c8-4-5-3-6(10-9)1-2-7(5)11(12)13/h1-3,10H,4,9H2. The largest absolute Gasteiger partial charge is 0.324 e. The molecule has 5 nitrogen and oxygen atoms in total. The molecule has 0 amide bonds. The Labute approximate surface area is 83.2 Å². The van der Waals surface area contributed by atoms with Crippen molar-refractivity contribution in [3.8, 4) is 0 Å². The number of hydrogen-bond acceptors (Lipinski definition) is 4. The Bertz CT molecular complexity index is 330. The summed E-state index contributed by atoms with van der Waals surface area (Å²) < 4.78 is 0. The maximum absolute atomic E-state index is 10.5. The third kappa shape index (κ3) is 2.16. The number of nitrogens with one attached hydrogen (secondary N) is 1. The number of nitro benzene ring substituents is 1. The molecule has 0 heterocycles. The second-order valence-corrected chi connectivity index (χ2v) is 2.94. The van der Waals surface area contributed by atoms with Crippen LogP contribution < -0.4 is 11.3 Å². The van der Waals surface area contributed by atoms with Gasteiger partial charge in [0.2, 0.25) is 0 Å². The number of rotatable bonds is 3. The number of halogens is 1. The van der Waals surface area contributed by atoms with Crippen LogP contribution in [0, 0.1) is 10.1 Å². The number of nitrogen functional groups attached to an aromatic ring is 1. The summed E-state index contributed by atoms with van der Waals surface area (Å²) in [5.74, 6) is 5.16. The van der Waals surface area contributed by atoms with Crippen LogP contribution in [0.4, 0.5) is 11.4 Å². The van der Waals surface area contributed by atoms with Gasteiger partial charge in [-0.2, -0.15) is 0 Å². The highest BCUT2D eigenvalue weighted by Gasteiger charge is 2.12. The molecule has 0 unspecified atom stereocenters. The molecule has 0 aliphatic rings. The van der Waals surface area contributed by atoms with Crippen LogP contribution >= 0.6 is 15.9 Å². The summed E-state index contributed by atoms with van der Waals surface area (Å²) in [6.45, 7) is 0. The third-order valence-electron chi connectivity index (χ3n) is 1.59. The predicted molar refractivity (Wildman–Crippen MR) is 53.5 cm³/mol. The van der Waals surface area contributed by atoms with Crippen LogP contribution in [0.5, 0.6) is 0 Å². The van der Waals surface area contributed by atoms with Gasteiger partial charge in [0.15, 0.2) is 0 Å². The highest BCUT2D eigenvalue weighted by molar-refractivity contribution is 9.08. The van der Waals surface area contributed by atoms with Crippen molar-refractivity contribution < 1.29 is 4.92 Å². The average molecular weight is 246 g/mol. The first kappa shape index (κ1) is 9.94. The van der Waals surface area contributed by atoms with Gasteiger partial charge in [-0.3, -0.25) is 16.0 Å². The Hall–Kier alpha value is -1.14. The smallest absolute Gasteiger partial charge is 0.273 e. The zero-order chi connectivity index (χ0) is 9.84. The maximum atomic E-state index is 10.5. The van der Waals surface area contributed by atoms with Gasteiger partial charge in [-0.25, -0.2) is 0 Å². The minimum Gasteiger partial charge on any atom is -0.324 e. The first-order chi connectivity index (χ1) is 6.19. The fourth-order valence-corrected chi connectivity index (χ4v) is 1.41. The average Bonchev–Trinajstić information content (AvgIpc) is 2.16. The Morgan fingerprint density at radius 2 is 2.31 bits per heavy atom. The van der Waals surface area contributed by atoms with Crippen LogP contribution in [0.25, 0.3) is 0 Å². The summed E-state index contributed by atoms with van der Waals surface area (Å²) in [7, 11) is 0. The van der Waals surface area contributed by atoms with Crippen LogP contribution in [-0.2, 0) is 5.33 Å². The summed E-state index contributed by atoms with van der Waals surface area (Å²) in [6, 6.07) is 4.61. The van der Waals surface area contributed by atoms with Gasteiger partial charge in [0.1, 0.15) is 0 Å². The van der Waals surface area contributed by atoms with E-state index in [4.69, 9.17) is 5.84 Å². The van der Waals surface area contributed by atoms with E-state index in [1.165, 1.54) is 6.07 Å². The minimum atomic E-state index is -0.420. The van der Waals surface area contributed by atoms with Gasteiger partial charge in [0.05, 0.1) is 4.92 Å². The number of hydrogen-bond donors (Lipinski definition) is 2. The number of nitrogens with two attached hydrogens (primary N) is 1. The van der Waals surface area contributed by atoms with Crippen molar-refractivity contribution in [2.24, 2.45) is 5.84 Å². The molecule has 3 N–H and O–H groups in total. The monoisotopic (exact) mass is 245 g/mol. The number of hydrazine groups is 1. The van der Waals surface area contributed by atoms with E-state index in [0.717, 1.165) is 0 Å². The third-order valence-corrected chi connectivity index (χ3v) is 2.19. The summed E-state index contributed by atoms with van der Waals surface area (Å²) in [5.41, 5.74) is 3.77. The normalized spacial score (nSPS) is 9.69. The van der Waals surface area contributed by atoms with E-state index < -0.39 is 4.92 Å². The van der Waals surface area contributed by atoms with Crippen molar-refractivity contribution in [2.75, 3.05) is 5.43 Å². The van der Waals surface area contributed by atoms with Crippen LogP contribution in [0.2, 0.25) is 0 Å². The van der Waals surface area contributed by atoms with Crippen LogP contribution in [0.3, 0.4) is 0 Å². The van der Waals surface area contributed by atoms with Crippen molar-refractivity contribution in [3.63, 3.8) is 0 Å². The zero-order valence-electron chi connectivity index (χ0n) is 6.66. The van der Waals surface area contributed by atoms with E-state index in [-0.39, 0.29) is 5.69 Å². The van der Waals surface area contributed by atoms with E-state index in [9.17, 15) is 10.1 Å². The van der Waals surface area contributed by atoms with E-state index in [0.29, 0.717) is 16.6 Å². The molecule has 0 aromatic heterocycles. The molecule has 1 aromatic rings. The molecule has 0 radical (unpaired) electrons. The second-order valence-electron chi connectivity index (χ2n) is 2.38.